The maximum Gasteiger partial charge on any atom is 0.200 e. The highest BCUT2D eigenvalue weighted by molar-refractivity contribution is 6.21. The molecule has 0 atom stereocenters. The molecule has 194 valence electrons. The Balaban J connectivity index is 2.18. The van der Waals surface area contributed by atoms with Crippen LogP contribution < -0.4 is 0 Å². The van der Waals surface area contributed by atoms with E-state index in [2.05, 4.69) is 0 Å². The highest BCUT2D eigenvalue weighted by atomic mass is 19.2. The van der Waals surface area contributed by atoms with Crippen LogP contribution in [0.1, 0.15) is 0 Å². The molecule has 0 heterocycles. The molecule has 5 rings (SSSR count). The van der Waals surface area contributed by atoms with Crippen LogP contribution in [0.15, 0.2) is 36.4 Å². The van der Waals surface area contributed by atoms with Crippen LogP contribution in [0.3, 0.4) is 0 Å². The monoisotopic (exact) mass is 546 g/mol. The molecule has 0 aromatic heterocycles. The lowest BCUT2D eigenvalue weighted by atomic mass is 9.84. The van der Waals surface area contributed by atoms with Gasteiger partial charge in [-0.2, -0.15) is 0 Å². The van der Waals surface area contributed by atoms with Crippen LogP contribution in [0.5, 0.6) is 0 Å². The zero-order valence-corrected chi connectivity index (χ0v) is 18.0. The molecule has 0 aliphatic heterocycles. The fraction of sp³-hybridized carbons (Fsp3) is 0. The predicted molar refractivity (Wildman–Crippen MR) is 112 cm³/mol. The smallest absolute Gasteiger partial charge is 0.200 e. The van der Waals surface area contributed by atoms with Crippen LogP contribution in [0, 0.1) is 69.8 Å². The summed E-state index contributed by atoms with van der Waals surface area (Å²) in [5, 5.41) is -4.26. The van der Waals surface area contributed by atoms with E-state index in [0.29, 0.717) is 30.3 Å². The molecule has 0 radical (unpaired) electrons. The predicted octanol–water partition coefficient (Wildman–Crippen LogP) is 9.00. The summed E-state index contributed by atoms with van der Waals surface area (Å²) in [6.45, 7) is 0. The molecule has 38 heavy (non-hydrogen) atoms. The second-order valence-corrected chi connectivity index (χ2v) is 8.01. The van der Waals surface area contributed by atoms with Gasteiger partial charge in [0, 0.05) is 28.0 Å². The van der Waals surface area contributed by atoms with Gasteiger partial charge in [-0.3, -0.25) is 0 Å². The van der Waals surface area contributed by atoms with Crippen LogP contribution in [0.25, 0.3) is 43.8 Å². The molecule has 12 heteroatoms. The molecule has 0 unspecified atom stereocenters. The van der Waals surface area contributed by atoms with Gasteiger partial charge < -0.3 is 0 Å². The second kappa shape index (κ2) is 8.67. The first-order valence-electron chi connectivity index (χ1n) is 10.2. The van der Waals surface area contributed by atoms with E-state index < -0.39 is 114 Å². The largest absolute Gasteiger partial charge is 0.207 e. The van der Waals surface area contributed by atoms with E-state index in [-0.39, 0.29) is 6.07 Å². The van der Waals surface area contributed by atoms with Crippen molar-refractivity contribution in [1.82, 2.24) is 0 Å². The Bertz CT molecular complexity index is 1790. The zero-order chi connectivity index (χ0) is 27.8. The molecular weight excluding hydrogens is 540 g/mol. The summed E-state index contributed by atoms with van der Waals surface area (Å²) in [6.07, 6.45) is 0. The normalized spacial score (nSPS) is 11.7. The number of benzene rings is 5. The summed E-state index contributed by atoms with van der Waals surface area (Å²) in [4.78, 5) is 0. The van der Waals surface area contributed by atoms with E-state index in [4.69, 9.17) is 0 Å². The molecule has 5 aromatic rings. The summed E-state index contributed by atoms with van der Waals surface area (Å²) in [5.74, 6) is -25.1. The molecule has 0 aliphatic rings. The molecule has 0 N–H and O–H groups in total. The van der Waals surface area contributed by atoms with Crippen LogP contribution >= 0.6 is 0 Å². The quantitative estimate of drug-likeness (QED) is 0.0898. The fourth-order valence-corrected chi connectivity index (χ4v) is 4.39. The van der Waals surface area contributed by atoms with Crippen molar-refractivity contribution in [3.05, 3.63) is 106 Å². The van der Waals surface area contributed by atoms with Crippen LogP contribution in [-0.2, 0) is 0 Å². The van der Waals surface area contributed by atoms with Crippen molar-refractivity contribution in [3.8, 4) is 22.3 Å². The van der Waals surface area contributed by atoms with Crippen molar-refractivity contribution in [1.29, 1.82) is 0 Å². The van der Waals surface area contributed by atoms with Crippen molar-refractivity contribution in [2.24, 2.45) is 0 Å². The Hall–Kier alpha value is -4.22. The number of hydrogen-bond acceptors (Lipinski definition) is 0. The lowest BCUT2D eigenvalue weighted by Crippen LogP contribution is -2.07. The first-order valence-corrected chi connectivity index (χ1v) is 10.2. The van der Waals surface area contributed by atoms with Gasteiger partial charge in [0.1, 0.15) is 17.5 Å². The minimum absolute atomic E-state index is 0.195. The molecule has 0 bridgehead atoms. The van der Waals surface area contributed by atoms with Crippen LogP contribution in [0.4, 0.5) is 52.7 Å². The number of hydrogen-bond donors (Lipinski definition) is 0. The first-order chi connectivity index (χ1) is 17.9. The van der Waals surface area contributed by atoms with Gasteiger partial charge in [-0.25, -0.2) is 52.7 Å². The number of fused-ring (bicyclic) bond motifs is 2. The lowest BCUT2D eigenvalue weighted by molar-refractivity contribution is 0.381. The highest BCUT2D eigenvalue weighted by Gasteiger charge is 2.33. The number of halogens is 12. The molecule has 0 saturated carbocycles. The summed E-state index contributed by atoms with van der Waals surface area (Å²) in [7, 11) is 0. The molecule has 0 nitrogen and oxygen atoms in total. The first kappa shape index (κ1) is 25.4. The average molecular weight is 546 g/mol. The maximum atomic E-state index is 15.2. The second-order valence-electron chi connectivity index (χ2n) is 8.01. The Labute approximate surface area is 203 Å². The van der Waals surface area contributed by atoms with Gasteiger partial charge >= 0.3 is 0 Å². The van der Waals surface area contributed by atoms with Gasteiger partial charge in [0.15, 0.2) is 46.5 Å². The average Bonchev–Trinajstić information content (AvgIpc) is 2.88. The summed E-state index contributed by atoms with van der Waals surface area (Å²) >= 11 is 0. The molecule has 0 saturated heterocycles. The van der Waals surface area contributed by atoms with Gasteiger partial charge in [0.2, 0.25) is 5.82 Å². The zero-order valence-electron chi connectivity index (χ0n) is 18.0. The third kappa shape index (κ3) is 3.42. The Kier molecular flexibility index (Phi) is 5.80. The van der Waals surface area contributed by atoms with Gasteiger partial charge in [0.05, 0.1) is 11.1 Å². The Morgan fingerprint density at radius 1 is 0.316 bits per heavy atom. The molecule has 0 fully saturated rings. The highest BCUT2D eigenvalue weighted by Crippen LogP contribution is 2.48. The molecule has 0 aliphatic carbocycles. The van der Waals surface area contributed by atoms with E-state index in [0.717, 1.165) is 0 Å². The Morgan fingerprint density at radius 2 is 0.737 bits per heavy atom. The lowest BCUT2D eigenvalue weighted by Gasteiger charge is -2.20. The van der Waals surface area contributed by atoms with Gasteiger partial charge in [-0.1, -0.05) is 6.07 Å². The van der Waals surface area contributed by atoms with E-state index in [1.807, 2.05) is 0 Å². The third-order valence-corrected chi connectivity index (χ3v) is 5.95. The van der Waals surface area contributed by atoms with Crippen LogP contribution in [-0.4, -0.2) is 0 Å². The van der Waals surface area contributed by atoms with E-state index in [1.165, 1.54) is 0 Å². The molecule has 5 aromatic carbocycles. The van der Waals surface area contributed by atoms with Crippen LogP contribution in [0.2, 0.25) is 0 Å². The van der Waals surface area contributed by atoms with Crippen molar-refractivity contribution in [2.75, 3.05) is 0 Å². The minimum atomic E-state index is -2.58. The molecule has 0 spiro atoms. The van der Waals surface area contributed by atoms with Crippen molar-refractivity contribution >= 4 is 21.5 Å². The van der Waals surface area contributed by atoms with E-state index >= 15 is 8.78 Å². The topological polar surface area (TPSA) is 0 Å². The standard InChI is InChI=1S/C26H6F12/c27-7-1-2-8-9(5-7)15(18-20(32)12(30)6-13(31)21(18)33)17-11(29)4-3-10(28)16(17)14(8)19-22(34)24(36)26(38)25(37)23(19)35/h1-6H. The summed E-state index contributed by atoms with van der Waals surface area (Å²) in [5.41, 5.74) is -5.81. The summed E-state index contributed by atoms with van der Waals surface area (Å²) < 4.78 is 174. The van der Waals surface area contributed by atoms with E-state index in [1.54, 1.807) is 0 Å². The number of rotatable bonds is 2. The van der Waals surface area contributed by atoms with Gasteiger partial charge in [-0.05, 0) is 35.0 Å². The molecular formula is C26H6F12. The third-order valence-electron chi connectivity index (χ3n) is 5.95. The van der Waals surface area contributed by atoms with Crippen molar-refractivity contribution < 1.29 is 52.7 Å². The summed E-state index contributed by atoms with van der Waals surface area (Å²) in [6, 6.07) is 2.12. The van der Waals surface area contributed by atoms with Crippen molar-refractivity contribution in [3.63, 3.8) is 0 Å². The SMILES string of the molecule is Fc1ccc2c(-c3c(F)c(F)c(F)c(F)c3F)c3c(F)ccc(F)c3c(-c3c(F)c(F)cc(F)c3F)c2c1. The Morgan fingerprint density at radius 3 is 1.24 bits per heavy atom. The van der Waals surface area contributed by atoms with Gasteiger partial charge in [-0.15, -0.1) is 0 Å². The minimum Gasteiger partial charge on any atom is -0.207 e. The fourth-order valence-electron chi connectivity index (χ4n) is 4.39. The maximum absolute atomic E-state index is 15.2. The van der Waals surface area contributed by atoms with Crippen molar-refractivity contribution in [2.45, 2.75) is 0 Å². The van der Waals surface area contributed by atoms with E-state index in [9.17, 15) is 43.9 Å². The molecule has 0 amide bonds. The van der Waals surface area contributed by atoms with Gasteiger partial charge in [0.25, 0.3) is 0 Å².